The number of carbonyl (C=O) groups excluding carboxylic acids is 1. The highest BCUT2D eigenvalue weighted by molar-refractivity contribution is 6.36. The van der Waals surface area contributed by atoms with E-state index in [-0.39, 0.29) is 11.6 Å². The number of nitrogens with zero attached hydrogens (tertiary/aromatic N) is 3. The fraction of sp³-hybridized carbons (Fsp3) is 0.235. The molecule has 0 radical (unpaired) electrons. The van der Waals surface area contributed by atoms with E-state index in [1.807, 2.05) is 4.90 Å². The molecule has 0 atom stereocenters. The van der Waals surface area contributed by atoms with Gasteiger partial charge in [-0.25, -0.2) is 0 Å². The minimum Gasteiger partial charge on any atom is -0.367 e. The highest BCUT2D eigenvalue weighted by Gasteiger charge is 2.25. The maximum atomic E-state index is 12.6. The first-order valence-corrected chi connectivity index (χ1v) is 8.93. The fourth-order valence-corrected chi connectivity index (χ4v) is 3.63. The van der Waals surface area contributed by atoms with E-state index in [0.717, 1.165) is 0 Å². The number of carbonyl (C=O) groups is 1. The number of amides is 1. The molecule has 1 aliphatic rings. The highest BCUT2D eigenvalue weighted by Crippen LogP contribution is 2.31. The van der Waals surface area contributed by atoms with Crippen LogP contribution in [0.1, 0.15) is 10.4 Å². The van der Waals surface area contributed by atoms with Crippen molar-refractivity contribution in [1.29, 1.82) is 0 Å². The summed E-state index contributed by atoms with van der Waals surface area (Å²) in [4.78, 5) is 26.7. The number of anilines is 1. The number of hydrogen-bond acceptors (Lipinski definition) is 4. The van der Waals surface area contributed by atoms with E-state index < -0.39 is 4.92 Å². The molecule has 1 amide bonds. The monoisotopic (exact) mass is 413 g/mol. The summed E-state index contributed by atoms with van der Waals surface area (Å²) >= 11 is 18.2. The van der Waals surface area contributed by atoms with Gasteiger partial charge in [-0.3, -0.25) is 14.9 Å². The molecule has 1 heterocycles. The third-order valence-electron chi connectivity index (χ3n) is 4.21. The molecule has 0 saturated carbocycles. The molecule has 1 saturated heterocycles. The molecule has 136 valence electrons. The van der Waals surface area contributed by atoms with Crippen LogP contribution in [0.3, 0.4) is 0 Å². The number of nitro benzene ring substituents is 1. The molecule has 6 nitrogen and oxygen atoms in total. The molecule has 0 aliphatic carbocycles. The first-order valence-electron chi connectivity index (χ1n) is 7.80. The van der Waals surface area contributed by atoms with Crippen molar-refractivity contribution in [3.63, 3.8) is 0 Å². The number of nitro groups is 1. The highest BCUT2D eigenvalue weighted by atomic mass is 35.5. The van der Waals surface area contributed by atoms with Gasteiger partial charge in [0.2, 0.25) is 0 Å². The van der Waals surface area contributed by atoms with E-state index in [0.29, 0.717) is 52.5 Å². The molecule has 1 fully saturated rings. The Bertz CT molecular complexity index is 868. The molecule has 2 aromatic rings. The molecule has 0 bridgehead atoms. The van der Waals surface area contributed by atoms with Gasteiger partial charge in [-0.05, 0) is 24.3 Å². The summed E-state index contributed by atoms with van der Waals surface area (Å²) in [7, 11) is 0. The van der Waals surface area contributed by atoms with E-state index in [1.54, 1.807) is 29.2 Å². The van der Waals surface area contributed by atoms with Crippen molar-refractivity contribution in [1.82, 2.24) is 4.90 Å². The number of halogens is 3. The number of piperazine rings is 1. The van der Waals surface area contributed by atoms with Crippen molar-refractivity contribution in [3.05, 3.63) is 67.1 Å². The predicted molar refractivity (Wildman–Crippen MR) is 103 cm³/mol. The topological polar surface area (TPSA) is 66.7 Å². The summed E-state index contributed by atoms with van der Waals surface area (Å²) in [6.45, 7) is 2.11. The molecule has 0 unspecified atom stereocenters. The van der Waals surface area contributed by atoms with Crippen LogP contribution in [-0.2, 0) is 0 Å². The molecule has 0 aromatic heterocycles. The molecule has 0 spiro atoms. The van der Waals surface area contributed by atoms with Crippen LogP contribution >= 0.6 is 34.8 Å². The smallest absolute Gasteiger partial charge is 0.271 e. The Kier molecular flexibility index (Phi) is 5.55. The molecule has 9 heteroatoms. The standard InChI is InChI=1S/C17H14Cl3N3O3/c18-11-1-3-13(14(19)9-11)17(24)22-7-5-21(6-8-22)16-4-2-12(23(25)26)10-15(16)20/h1-4,9-10H,5-8H2. The number of non-ortho nitro benzene ring substituents is 1. The lowest BCUT2D eigenvalue weighted by Crippen LogP contribution is -2.49. The van der Waals surface area contributed by atoms with Crippen molar-refractivity contribution in [2.24, 2.45) is 0 Å². The lowest BCUT2D eigenvalue weighted by Gasteiger charge is -2.36. The minimum absolute atomic E-state index is 0.0510. The zero-order valence-corrected chi connectivity index (χ0v) is 15.8. The predicted octanol–water partition coefficient (Wildman–Crippen LogP) is 4.52. The number of benzene rings is 2. The molecular formula is C17H14Cl3N3O3. The zero-order valence-electron chi connectivity index (χ0n) is 13.5. The number of hydrogen-bond donors (Lipinski definition) is 0. The first-order chi connectivity index (χ1) is 12.4. The van der Waals surface area contributed by atoms with E-state index >= 15 is 0 Å². The SMILES string of the molecule is O=C(c1ccc(Cl)cc1Cl)N1CCN(c2ccc([N+](=O)[O-])cc2Cl)CC1. The van der Waals surface area contributed by atoms with Crippen LogP contribution in [0.2, 0.25) is 15.1 Å². The van der Waals surface area contributed by atoms with Gasteiger partial charge < -0.3 is 9.80 Å². The van der Waals surface area contributed by atoms with Crippen molar-refractivity contribution < 1.29 is 9.72 Å². The molecule has 3 rings (SSSR count). The Morgan fingerprint density at radius 1 is 0.962 bits per heavy atom. The van der Waals surface area contributed by atoms with Gasteiger partial charge >= 0.3 is 0 Å². The summed E-state index contributed by atoms with van der Waals surface area (Å²) in [6, 6.07) is 9.19. The van der Waals surface area contributed by atoms with Crippen LogP contribution < -0.4 is 4.90 Å². The summed E-state index contributed by atoms with van der Waals surface area (Å²) in [5, 5.41) is 11.9. The Morgan fingerprint density at radius 3 is 2.23 bits per heavy atom. The summed E-state index contributed by atoms with van der Waals surface area (Å²) in [5.41, 5.74) is 1.08. The second-order valence-electron chi connectivity index (χ2n) is 5.80. The van der Waals surface area contributed by atoms with Crippen molar-refractivity contribution in [2.45, 2.75) is 0 Å². The van der Waals surface area contributed by atoms with Gasteiger partial charge in [-0.15, -0.1) is 0 Å². The molecule has 26 heavy (non-hydrogen) atoms. The van der Waals surface area contributed by atoms with Crippen LogP contribution in [0.4, 0.5) is 11.4 Å². The van der Waals surface area contributed by atoms with Crippen LogP contribution in [-0.4, -0.2) is 41.9 Å². The maximum absolute atomic E-state index is 12.6. The third-order valence-corrected chi connectivity index (χ3v) is 5.06. The van der Waals surface area contributed by atoms with E-state index in [4.69, 9.17) is 34.8 Å². The molecule has 0 N–H and O–H groups in total. The van der Waals surface area contributed by atoms with Crippen molar-refractivity contribution in [2.75, 3.05) is 31.1 Å². The van der Waals surface area contributed by atoms with E-state index in [2.05, 4.69) is 0 Å². The summed E-state index contributed by atoms with van der Waals surface area (Å²) in [5.74, 6) is -0.152. The van der Waals surface area contributed by atoms with Gasteiger partial charge in [-0.2, -0.15) is 0 Å². The third kappa shape index (κ3) is 3.87. The first kappa shape index (κ1) is 18.8. The second kappa shape index (κ2) is 7.70. The second-order valence-corrected chi connectivity index (χ2v) is 7.05. The van der Waals surface area contributed by atoms with E-state index in [9.17, 15) is 14.9 Å². The van der Waals surface area contributed by atoms with Gasteiger partial charge in [-0.1, -0.05) is 34.8 Å². The molecular weight excluding hydrogens is 401 g/mol. The van der Waals surface area contributed by atoms with Crippen LogP contribution in [0.5, 0.6) is 0 Å². The Hall–Kier alpha value is -2.02. The lowest BCUT2D eigenvalue weighted by atomic mass is 10.1. The van der Waals surface area contributed by atoms with Crippen LogP contribution in [0, 0.1) is 10.1 Å². The quantitative estimate of drug-likeness (QED) is 0.547. The Morgan fingerprint density at radius 2 is 1.65 bits per heavy atom. The fourth-order valence-electron chi connectivity index (χ4n) is 2.85. The summed E-state index contributed by atoms with van der Waals surface area (Å²) in [6.07, 6.45) is 0. The average Bonchev–Trinajstić information content (AvgIpc) is 2.61. The van der Waals surface area contributed by atoms with Crippen LogP contribution in [0.15, 0.2) is 36.4 Å². The lowest BCUT2D eigenvalue weighted by molar-refractivity contribution is -0.384. The molecule has 2 aromatic carbocycles. The minimum atomic E-state index is -0.484. The van der Waals surface area contributed by atoms with Crippen LogP contribution in [0.25, 0.3) is 0 Å². The molecule has 1 aliphatic heterocycles. The largest absolute Gasteiger partial charge is 0.367 e. The maximum Gasteiger partial charge on any atom is 0.271 e. The summed E-state index contributed by atoms with van der Waals surface area (Å²) < 4.78 is 0. The van der Waals surface area contributed by atoms with E-state index in [1.165, 1.54) is 12.1 Å². The zero-order chi connectivity index (χ0) is 18.8. The average molecular weight is 415 g/mol. The Balaban J connectivity index is 1.69. The Labute approximate surface area is 165 Å². The van der Waals surface area contributed by atoms with Gasteiger partial charge in [0.15, 0.2) is 0 Å². The van der Waals surface area contributed by atoms with Gasteiger partial charge in [0.25, 0.3) is 11.6 Å². The number of rotatable bonds is 3. The van der Waals surface area contributed by atoms with Gasteiger partial charge in [0.05, 0.1) is 26.2 Å². The van der Waals surface area contributed by atoms with Crippen molar-refractivity contribution in [3.8, 4) is 0 Å². The van der Waals surface area contributed by atoms with Crippen molar-refractivity contribution >= 4 is 52.1 Å². The normalized spacial score (nSPS) is 14.4. The van der Waals surface area contributed by atoms with Gasteiger partial charge in [0.1, 0.15) is 0 Å². The van der Waals surface area contributed by atoms with Gasteiger partial charge in [0, 0.05) is 43.3 Å².